The minimum Gasteiger partial charge on any atom is -0.493 e. The highest BCUT2D eigenvalue weighted by Crippen LogP contribution is 2.54. The quantitative estimate of drug-likeness (QED) is 0.0921. The summed E-state index contributed by atoms with van der Waals surface area (Å²) < 4.78 is 15.7. The van der Waals surface area contributed by atoms with E-state index in [1.54, 1.807) is 12.3 Å². The van der Waals surface area contributed by atoms with E-state index in [0.29, 0.717) is 17.9 Å². The van der Waals surface area contributed by atoms with Gasteiger partial charge in [-0.3, -0.25) is 4.98 Å². The first-order chi connectivity index (χ1) is 22.5. The average molecular weight is 616 g/mol. The van der Waals surface area contributed by atoms with Crippen LogP contribution in [0.15, 0.2) is 91.1 Å². The van der Waals surface area contributed by atoms with E-state index in [1.807, 2.05) is 36.4 Å². The van der Waals surface area contributed by atoms with Crippen molar-refractivity contribution in [3.63, 3.8) is 0 Å². The van der Waals surface area contributed by atoms with E-state index in [-0.39, 0.29) is 5.97 Å². The molecule has 1 unspecified atom stereocenters. The summed E-state index contributed by atoms with van der Waals surface area (Å²) >= 11 is 0. The van der Waals surface area contributed by atoms with E-state index in [4.69, 9.17) is 14.5 Å². The minimum atomic E-state index is -1.34. The number of anilines is 1. The van der Waals surface area contributed by atoms with Crippen LogP contribution in [0.5, 0.6) is 5.75 Å². The van der Waals surface area contributed by atoms with Gasteiger partial charge in [0.25, 0.3) is 0 Å². The third-order valence-electron chi connectivity index (χ3n) is 9.34. The largest absolute Gasteiger partial charge is 0.493 e. The minimum absolute atomic E-state index is 0.385. The smallest absolute Gasteiger partial charge is 0.341 e. The van der Waals surface area contributed by atoms with E-state index < -0.39 is 5.60 Å². The molecule has 0 saturated carbocycles. The number of rotatable bonds is 14. The van der Waals surface area contributed by atoms with E-state index >= 15 is 0 Å². The van der Waals surface area contributed by atoms with Crippen molar-refractivity contribution in [2.75, 3.05) is 24.6 Å². The molecule has 0 aliphatic carbocycles. The fraction of sp³-hybridized carbons (Fsp3) is 0.350. The Hall–Kier alpha value is -4.58. The lowest BCUT2D eigenvalue weighted by atomic mass is 9.79. The van der Waals surface area contributed by atoms with Crippen LogP contribution >= 0.6 is 0 Å². The summed E-state index contributed by atoms with van der Waals surface area (Å²) in [6, 6.07) is 28.6. The Morgan fingerprint density at radius 2 is 1.59 bits per heavy atom. The number of hydrogen-bond acceptors (Lipinski definition) is 5. The van der Waals surface area contributed by atoms with Crippen LogP contribution in [-0.2, 0) is 17.4 Å². The topological polar surface area (TPSA) is 56.6 Å². The number of aromatic nitrogens is 2. The van der Waals surface area contributed by atoms with Gasteiger partial charge in [0.2, 0.25) is 5.60 Å². The maximum atomic E-state index is 13.9. The zero-order valence-electron chi connectivity index (χ0n) is 27.6. The highest BCUT2D eigenvalue weighted by atomic mass is 16.6. The van der Waals surface area contributed by atoms with E-state index in [2.05, 4.69) is 79.8 Å². The van der Waals surface area contributed by atoms with Gasteiger partial charge in [-0.05, 0) is 56.2 Å². The van der Waals surface area contributed by atoms with E-state index in [0.717, 1.165) is 70.7 Å². The first-order valence-electron chi connectivity index (χ1n) is 16.9. The van der Waals surface area contributed by atoms with E-state index in [9.17, 15) is 4.79 Å². The van der Waals surface area contributed by atoms with Crippen LogP contribution in [0.3, 0.4) is 0 Å². The molecule has 0 spiro atoms. The van der Waals surface area contributed by atoms with Gasteiger partial charge in [-0.1, -0.05) is 87.6 Å². The summed E-state index contributed by atoms with van der Waals surface area (Å²) in [4.78, 5) is 21.1. The SMILES string of the molecule is CCCCCCCCOc1cc(N(CC)CC)ccc1C1(c2c(-c3ccccc3)n(C)c3ccccc23)OC(=O)c2cccnc21. The highest BCUT2D eigenvalue weighted by molar-refractivity contribution is 6.00. The molecule has 1 aliphatic rings. The summed E-state index contributed by atoms with van der Waals surface area (Å²) in [5.41, 5.74) is 5.54. The standard InChI is InChI=1S/C40H45N3O3/c1-5-8-9-10-11-17-27-45-35-28-30(43(6-2)7-3)24-25-33(35)40(38-32(39(44)46-40)22-18-26-41-38)36-31-21-15-16-23-34(31)42(4)37(36)29-19-13-12-14-20-29/h12-16,18-26,28H,5-11,17,27H2,1-4H3. The van der Waals surface area contributed by atoms with Crippen LogP contribution in [0.1, 0.15) is 86.5 Å². The van der Waals surface area contributed by atoms with E-state index in [1.165, 1.54) is 25.7 Å². The number of benzene rings is 3. The molecular weight excluding hydrogens is 570 g/mol. The Labute approximate surface area is 273 Å². The van der Waals surface area contributed by atoms with Gasteiger partial charge in [0.05, 0.1) is 17.9 Å². The number of cyclic esters (lactones) is 1. The Morgan fingerprint density at radius 1 is 0.848 bits per heavy atom. The number of aryl methyl sites for hydroxylation is 1. The maximum absolute atomic E-state index is 13.9. The third-order valence-corrected chi connectivity index (χ3v) is 9.34. The lowest BCUT2D eigenvalue weighted by Gasteiger charge is -2.33. The van der Waals surface area contributed by atoms with Crippen molar-refractivity contribution in [3.05, 3.63) is 114 Å². The normalized spacial score (nSPS) is 15.6. The summed E-state index contributed by atoms with van der Waals surface area (Å²) in [5, 5.41) is 1.00. The lowest BCUT2D eigenvalue weighted by molar-refractivity contribution is 0.0241. The fourth-order valence-electron chi connectivity index (χ4n) is 7.03. The van der Waals surface area contributed by atoms with Gasteiger partial charge < -0.3 is 18.9 Å². The van der Waals surface area contributed by atoms with Gasteiger partial charge in [0.1, 0.15) is 11.4 Å². The number of nitrogens with zero attached hydrogens (tertiary/aromatic N) is 3. The Bertz CT molecular complexity index is 1810. The molecule has 1 aliphatic heterocycles. The van der Waals surface area contributed by atoms with Crippen LogP contribution in [-0.4, -0.2) is 35.2 Å². The Kier molecular flexibility index (Phi) is 9.43. The summed E-state index contributed by atoms with van der Waals surface area (Å²) in [6.07, 6.45) is 8.80. The van der Waals surface area contributed by atoms with Crippen LogP contribution in [0.25, 0.3) is 22.2 Å². The number of carbonyl (C=O) groups is 1. The molecular formula is C40H45N3O3. The van der Waals surface area contributed by atoms with Gasteiger partial charge >= 0.3 is 5.97 Å². The molecule has 6 nitrogen and oxygen atoms in total. The van der Waals surface area contributed by atoms with Gasteiger partial charge in [-0.15, -0.1) is 0 Å². The molecule has 1 atom stereocenters. The predicted octanol–water partition coefficient (Wildman–Crippen LogP) is 9.29. The third kappa shape index (κ3) is 5.55. The van der Waals surface area contributed by atoms with Crippen LogP contribution in [0.4, 0.5) is 5.69 Å². The molecule has 6 rings (SSSR count). The molecule has 0 bridgehead atoms. The number of unbranched alkanes of at least 4 members (excludes halogenated alkanes) is 5. The Balaban J connectivity index is 1.61. The van der Waals surface area contributed by atoms with Crippen LogP contribution in [0.2, 0.25) is 0 Å². The van der Waals surface area contributed by atoms with Gasteiger partial charge in [-0.2, -0.15) is 0 Å². The molecule has 2 aromatic heterocycles. The predicted molar refractivity (Wildman–Crippen MR) is 187 cm³/mol. The molecule has 3 aromatic carbocycles. The zero-order valence-corrected chi connectivity index (χ0v) is 27.6. The molecule has 238 valence electrons. The van der Waals surface area contributed by atoms with Crippen molar-refractivity contribution in [1.82, 2.24) is 9.55 Å². The summed E-state index contributed by atoms with van der Waals surface area (Å²) in [5.74, 6) is 0.334. The average Bonchev–Trinajstić information content (AvgIpc) is 3.56. The molecule has 6 heteroatoms. The first kappa shape index (κ1) is 31.4. The number of esters is 1. The second-order valence-electron chi connectivity index (χ2n) is 12.1. The van der Waals surface area contributed by atoms with Crippen molar-refractivity contribution in [3.8, 4) is 17.0 Å². The number of fused-ring (bicyclic) bond motifs is 2. The number of para-hydroxylation sites is 1. The van der Waals surface area contributed by atoms with Crippen molar-refractivity contribution in [1.29, 1.82) is 0 Å². The molecule has 3 heterocycles. The number of hydrogen-bond donors (Lipinski definition) is 0. The van der Waals surface area contributed by atoms with Crippen molar-refractivity contribution in [2.24, 2.45) is 7.05 Å². The molecule has 0 amide bonds. The van der Waals surface area contributed by atoms with Crippen LogP contribution < -0.4 is 9.64 Å². The maximum Gasteiger partial charge on any atom is 0.341 e. The number of carbonyl (C=O) groups excluding carboxylic acids is 1. The van der Waals surface area contributed by atoms with Crippen molar-refractivity contribution < 1.29 is 14.3 Å². The fourth-order valence-corrected chi connectivity index (χ4v) is 7.03. The van der Waals surface area contributed by atoms with Gasteiger partial charge in [0.15, 0.2) is 0 Å². The van der Waals surface area contributed by atoms with Gasteiger partial charge in [0, 0.05) is 60.1 Å². The molecule has 0 radical (unpaired) electrons. The monoisotopic (exact) mass is 615 g/mol. The molecule has 0 saturated heterocycles. The van der Waals surface area contributed by atoms with Gasteiger partial charge in [-0.25, -0.2) is 4.79 Å². The second-order valence-corrected chi connectivity index (χ2v) is 12.1. The summed E-state index contributed by atoms with van der Waals surface area (Å²) in [6.45, 7) is 8.90. The molecule has 46 heavy (non-hydrogen) atoms. The second kappa shape index (κ2) is 13.8. The zero-order chi connectivity index (χ0) is 32.1. The molecule has 0 N–H and O–H groups in total. The number of pyridine rings is 1. The van der Waals surface area contributed by atoms with Crippen molar-refractivity contribution >= 4 is 22.6 Å². The lowest BCUT2D eigenvalue weighted by Crippen LogP contribution is -2.32. The Morgan fingerprint density at radius 3 is 2.37 bits per heavy atom. The first-order valence-corrected chi connectivity index (χ1v) is 16.9. The van der Waals surface area contributed by atoms with Crippen LogP contribution in [0, 0.1) is 0 Å². The van der Waals surface area contributed by atoms with Crippen molar-refractivity contribution in [2.45, 2.75) is 64.9 Å². The molecule has 5 aromatic rings. The molecule has 0 fully saturated rings. The summed E-state index contributed by atoms with van der Waals surface area (Å²) in [7, 11) is 2.08. The number of ether oxygens (including phenoxy) is 2. The highest BCUT2D eigenvalue weighted by Gasteiger charge is 2.54.